The van der Waals surface area contributed by atoms with E-state index in [1.807, 2.05) is 30.3 Å². The van der Waals surface area contributed by atoms with E-state index in [4.69, 9.17) is 0 Å². The first-order valence-electron chi connectivity index (χ1n) is 7.71. The van der Waals surface area contributed by atoms with Crippen molar-refractivity contribution in [2.75, 3.05) is 0 Å². The van der Waals surface area contributed by atoms with Crippen molar-refractivity contribution in [3.05, 3.63) is 95.7 Å². The molecule has 0 spiro atoms. The van der Waals surface area contributed by atoms with Crippen molar-refractivity contribution in [2.24, 2.45) is 0 Å². The Balaban J connectivity index is 0.000000276. The van der Waals surface area contributed by atoms with E-state index in [0.29, 0.717) is 5.92 Å². The zero-order valence-electron chi connectivity index (χ0n) is 13.4. The van der Waals surface area contributed by atoms with Gasteiger partial charge in [-0.05, 0) is 30.5 Å². The molecule has 2 heteroatoms. The third kappa shape index (κ3) is 4.04. The number of H-pyrrole nitrogens is 1. The molecule has 1 atom stereocenters. The van der Waals surface area contributed by atoms with E-state index in [-0.39, 0.29) is 17.1 Å². The van der Waals surface area contributed by atoms with Crippen LogP contribution in [0.3, 0.4) is 0 Å². The number of aromatic amines is 1. The molecule has 1 N–H and O–H groups in total. The van der Waals surface area contributed by atoms with Gasteiger partial charge in [0.2, 0.25) is 0 Å². The number of benzene rings is 1. The summed E-state index contributed by atoms with van der Waals surface area (Å²) in [5, 5.41) is 1.35. The fourth-order valence-corrected chi connectivity index (χ4v) is 2.79. The molecule has 0 aliphatic heterocycles. The van der Waals surface area contributed by atoms with Crippen LogP contribution in [0.15, 0.2) is 79.0 Å². The molecule has 1 nitrogen and oxygen atoms in total. The Bertz CT molecular complexity index is 790. The van der Waals surface area contributed by atoms with Crippen LogP contribution in [0.25, 0.3) is 10.9 Å². The van der Waals surface area contributed by atoms with Crippen molar-refractivity contribution in [2.45, 2.75) is 19.8 Å². The van der Waals surface area contributed by atoms with Crippen molar-refractivity contribution < 1.29 is 17.1 Å². The maximum Gasteiger partial charge on any atom is 2.00 e. The fraction of sp³-hybridized carbons (Fsp3) is 0.143. The second-order valence-corrected chi connectivity index (χ2v) is 5.70. The predicted octanol–water partition coefficient (Wildman–Crippen LogP) is 5.75. The van der Waals surface area contributed by atoms with Gasteiger partial charge in [0, 0.05) is 17.1 Å². The number of hydrogen-bond acceptors (Lipinski definition) is 0. The Labute approximate surface area is 148 Å². The van der Waals surface area contributed by atoms with E-state index in [1.54, 1.807) is 0 Å². The van der Waals surface area contributed by atoms with Crippen LogP contribution in [0.4, 0.5) is 0 Å². The van der Waals surface area contributed by atoms with Crippen LogP contribution >= 0.6 is 0 Å². The number of aryl methyl sites for hydroxylation is 1. The minimum absolute atomic E-state index is 0. The third-order valence-electron chi connectivity index (χ3n) is 4.08. The predicted molar refractivity (Wildman–Crippen MR) is 94.6 cm³/mol. The molecule has 0 aliphatic rings. The van der Waals surface area contributed by atoms with Crippen molar-refractivity contribution >= 4 is 10.9 Å². The molecule has 0 bridgehead atoms. The van der Waals surface area contributed by atoms with Crippen LogP contribution in [-0.4, -0.2) is 4.98 Å². The SMILES string of the molecule is Cc1ccc2[nH]cc(C(C)c3cc[cH-]c3)c2c1.[Fe+2].c1cc[cH-]c1. The molecule has 0 saturated carbocycles. The maximum absolute atomic E-state index is 3.36. The monoisotopic (exact) mass is 343 g/mol. The summed E-state index contributed by atoms with van der Waals surface area (Å²) < 4.78 is 0. The molecule has 4 aromatic rings. The van der Waals surface area contributed by atoms with Gasteiger partial charge in [-0.15, -0.1) is 0 Å². The van der Waals surface area contributed by atoms with E-state index in [0.717, 1.165) is 0 Å². The summed E-state index contributed by atoms with van der Waals surface area (Å²) in [6.45, 7) is 4.41. The molecule has 1 heterocycles. The van der Waals surface area contributed by atoms with E-state index >= 15 is 0 Å². The molecular weight excluding hydrogens is 322 g/mol. The van der Waals surface area contributed by atoms with Crippen LogP contribution in [0.2, 0.25) is 0 Å². The summed E-state index contributed by atoms with van der Waals surface area (Å²) in [6, 6.07) is 25.2. The van der Waals surface area contributed by atoms with Crippen LogP contribution in [0.5, 0.6) is 0 Å². The van der Waals surface area contributed by atoms with Gasteiger partial charge in [0.1, 0.15) is 0 Å². The second kappa shape index (κ2) is 8.01. The number of nitrogens with one attached hydrogen (secondary N) is 1. The standard InChI is InChI=1S/C16H16N.C5H5.Fe/c1-11-7-8-16-14(9-11)15(10-17-16)12(2)13-5-3-4-6-13;1-2-4-5-3-1;/h3-10,12,17H,1-2H3;1-5H;/q2*-1;+2. The Morgan fingerprint density at radius 2 is 1.78 bits per heavy atom. The molecule has 1 unspecified atom stereocenters. The van der Waals surface area contributed by atoms with Gasteiger partial charge in [-0.2, -0.15) is 42.0 Å². The Hall–Kier alpha value is -2.02. The Kier molecular flexibility index (Phi) is 6.04. The summed E-state index contributed by atoms with van der Waals surface area (Å²) in [6.07, 6.45) is 2.14. The van der Waals surface area contributed by atoms with E-state index in [2.05, 4.69) is 67.5 Å². The minimum atomic E-state index is 0. The molecule has 0 saturated heterocycles. The van der Waals surface area contributed by atoms with E-state index in [1.165, 1.54) is 27.6 Å². The number of rotatable bonds is 2. The zero-order chi connectivity index (χ0) is 15.4. The van der Waals surface area contributed by atoms with Gasteiger partial charge in [0.05, 0.1) is 0 Å². The smallest absolute Gasteiger partial charge is 0.361 e. The fourth-order valence-electron chi connectivity index (χ4n) is 2.79. The molecule has 3 aromatic carbocycles. The van der Waals surface area contributed by atoms with Gasteiger partial charge >= 0.3 is 17.1 Å². The average molecular weight is 343 g/mol. The molecular formula is C21H21FeN. The quantitative estimate of drug-likeness (QED) is 0.352. The van der Waals surface area contributed by atoms with Gasteiger partial charge in [-0.1, -0.05) is 18.6 Å². The first-order chi connectivity index (χ1) is 10.8. The van der Waals surface area contributed by atoms with Gasteiger partial charge in [-0.3, -0.25) is 0 Å². The molecule has 1 aromatic heterocycles. The maximum atomic E-state index is 3.36. The van der Waals surface area contributed by atoms with Crippen LogP contribution in [0, 0.1) is 6.92 Å². The van der Waals surface area contributed by atoms with Crippen LogP contribution < -0.4 is 0 Å². The van der Waals surface area contributed by atoms with Crippen molar-refractivity contribution in [3.63, 3.8) is 0 Å². The summed E-state index contributed by atoms with van der Waals surface area (Å²) in [7, 11) is 0. The average Bonchev–Trinajstić information content (AvgIpc) is 3.28. The summed E-state index contributed by atoms with van der Waals surface area (Å²) >= 11 is 0. The first-order valence-corrected chi connectivity index (χ1v) is 7.71. The Morgan fingerprint density at radius 3 is 2.39 bits per heavy atom. The number of hydrogen-bond donors (Lipinski definition) is 1. The summed E-state index contributed by atoms with van der Waals surface area (Å²) in [5.41, 5.74) is 5.30. The first kappa shape index (κ1) is 17.3. The molecule has 0 fully saturated rings. The number of fused-ring (bicyclic) bond motifs is 1. The van der Waals surface area contributed by atoms with Crippen molar-refractivity contribution in [1.29, 1.82) is 0 Å². The largest absolute Gasteiger partial charge is 2.00 e. The molecule has 0 amide bonds. The van der Waals surface area contributed by atoms with Crippen molar-refractivity contribution in [1.82, 2.24) is 4.98 Å². The second-order valence-electron chi connectivity index (χ2n) is 5.70. The molecule has 118 valence electrons. The molecule has 23 heavy (non-hydrogen) atoms. The van der Waals surface area contributed by atoms with Gasteiger partial charge in [-0.25, -0.2) is 18.2 Å². The topological polar surface area (TPSA) is 15.8 Å². The van der Waals surface area contributed by atoms with E-state index in [9.17, 15) is 0 Å². The van der Waals surface area contributed by atoms with Gasteiger partial charge in [0.25, 0.3) is 0 Å². The van der Waals surface area contributed by atoms with E-state index < -0.39 is 0 Å². The number of aromatic nitrogens is 1. The Morgan fingerprint density at radius 1 is 1.00 bits per heavy atom. The summed E-state index contributed by atoms with van der Waals surface area (Å²) in [5.74, 6) is 0.445. The third-order valence-corrected chi connectivity index (χ3v) is 4.08. The van der Waals surface area contributed by atoms with Crippen molar-refractivity contribution in [3.8, 4) is 0 Å². The minimum Gasteiger partial charge on any atom is -0.361 e. The molecule has 4 rings (SSSR count). The van der Waals surface area contributed by atoms with Gasteiger partial charge < -0.3 is 4.98 Å². The van der Waals surface area contributed by atoms with Gasteiger partial charge in [0.15, 0.2) is 0 Å². The van der Waals surface area contributed by atoms with Crippen LogP contribution in [-0.2, 0) is 17.1 Å². The zero-order valence-corrected chi connectivity index (χ0v) is 14.5. The molecule has 0 radical (unpaired) electrons. The van der Waals surface area contributed by atoms with Crippen LogP contribution in [0.1, 0.15) is 29.5 Å². The summed E-state index contributed by atoms with van der Waals surface area (Å²) in [4.78, 5) is 3.36. The normalized spacial score (nSPS) is 11.4. The molecule has 0 aliphatic carbocycles.